The van der Waals surface area contributed by atoms with Gasteiger partial charge in [0.25, 0.3) is 5.69 Å². The molecule has 0 unspecified atom stereocenters. The van der Waals surface area contributed by atoms with Crippen molar-refractivity contribution in [1.82, 2.24) is 19.7 Å². The third kappa shape index (κ3) is 4.78. The highest BCUT2D eigenvalue weighted by atomic mass is 19.1. The molecule has 0 aliphatic rings. The first kappa shape index (κ1) is 22.2. The first-order chi connectivity index (χ1) is 15.8. The van der Waals surface area contributed by atoms with Gasteiger partial charge in [-0.05, 0) is 62.1 Å². The highest BCUT2D eigenvalue weighted by Gasteiger charge is 2.24. The molecule has 0 amide bonds. The number of aromatic nitrogens is 3. The summed E-state index contributed by atoms with van der Waals surface area (Å²) in [4.78, 5) is 17.8. The van der Waals surface area contributed by atoms with E-state index in [9.17, 15) is 18.9 Å². The lowest BCUT2D eigenvalue weighted by Crippen LogP contribution is -2.13. The highest BCUT2D eigenvalue weighted by Crippen LogP contribution is 2.36. The maximum Gasteiger partial charge on any atom is 0.281 e. The zero-order valence-electron chi connectivity index (χ0n) is 18.1. The van der Waals surface area contributed by atoms with Gasteiger partial charge in [-0.2, -0.15) is 5.10 Å². The molecular formula is C24H21F2N5O2. The lowest BCUT2D eigenvalue weighted by atomic mass is 9.94. The minimum absolute atomic E-state index is 0.0390. The molecular weight excluding hydrogens is 428 g/mol. The fraction of sp³-hybridized carbons (Fsp3) is 0.167. The second kappa shape index (κ2) is 9.25. The lowest BCUT2D eigenvalue weighted by Gasteiger charge is -2.15. The predicted octanol–water partition coefficient (Wildman–Crippen LogP) is 4.77. The molecule has 0 saturated heterocycles. The fourth-order valence-electron chi connectivity index (χ4n) is 3.75. The van der Waals surface area contributed by atoms with E-state index in [1.807, 2.05) is 0 Å². The Kier molecular flexibility index (Phi) is 6.23. The van der Waals surface area contributed by atoms with Crippen molar-refractivity contribution in [1.29, 1.82) is 0 Å². The Hall–Kier alpha value is -3.98. The largest absolute Gasteiger partial charge is 0.305 e. The Bertz CT molecular complexity index is 1270. The van der Waals surface area contributed by atoms with Crippen molar-refractivity contribution in [3.8, 4) is 16.9 Å². The predicted molar refractivity (Wildman–Crippen MR) is 120 cm³/mol. The SMILES string of the molecule is CN(C)Cc1cc(Cc2c(F)cccc2F)cc(-c2ccc(-n3cccn3)nc2)c1[N+](=O)[O-]. The van der Waals surface area contributed by atoms with Gasteiger partial charge >= 0.3 is 0 Å². The molecule has 0 fully saturated rings. The summed E-state index contributed by atoms with van der Waals surface area (Å²) in [6, 6.07) is 12.1. The second-order valence-electron chi connectivity index (χ2n) is 7.88. The van der Waals surface area contributed by atoms with Crippen molar-refractivity contribution >= 4 is 5.69 Å². The van der Waals surface area contributed by atoms with Gasteiger partial charge in [-0.1, -0.05) is 6.07 Å². The van der Waals surface area contributed by atoms with Gasteiger partial charge in [0.15, 0.2) is 5.82 Å². The number of nitro benzene ring substituents is 1. The lowest BCUT2D eigenvalue weighted by molar-refractivity contribution is -0.385. The maximum absolute atomic E-state index is 14.3. The number of hydrogen-bond donors (Lipinski definition) is 0. The van der Waals surface area contributed by atoms with Crippen molar-refractivity contribution in [3.63, 3.8) is 0 Å². The average Bonchev–Trinajstić information content (AvgIpc) is 3.30. The van der Waals surface area contributed by atoms with Crippen LogP contribution in [0.25, 0.3) is 16.9 Å². The second-order valence-corrected chi connectivity index (χ2v) is 7.88. The van der Waals surface area contributed by atoms with Crippen LogP contribution in [0.15, 0.2) is 67.1 Å². The minimum atomic E-state index is -0.658. The Labute approximate surface area is 189 Å². The molecule has 7 nitrogen and oxygen atoms in total. The van der Waals surface area contributed by atoms with Crippen molar-refractivity contribution in [2.75, 3.05) is 14.1 Å². The summed E-state index contributed by atoms with van der Waals surface area (Å²) in [5, 5.41) is 16.2. The first-order valence-corrected chi connectivity index (χ1v) is 10.2. The smallest absolute Gasteiger partial charge is 0.281 e. The van der Waals surface area contributed by atoms with E-state index in [0.29, 0.717) is 28.1 Å². The van der Waals surface area contributed by atoms with Gasteiger partial charge in [-0.15, -0.1) is 0 Å². The molecule has 0 bridgehead atoms. The number of pyridine rings is 1. The zero-order valence-corrected chi connectivity index (χ0v) is 18.1. The van der Waals surface area contributed by atoms with E-state index < -0.39 is 16.6 Å². The van der Waals surface area contributed by atoms with Crippen LogP contribution in [0.5, 0.6) is 0 Å². The molecule has 0 atom stereocenters. The Balaban J connectivity index is 1.85. The average molecular weight is 449 g/mol. The Morgan fingerprint density at radius 3 is 2.42 bits per heavy atom. The molecule has 33 heavy (non-hydrogen) atoms. The Morgan fingerprint density at radius 2 is 1.85 bits per heavy atom. The number of rotatable bonds is 7. The van der Waals surface area contributed by atoms with Gasteiger partial charge in [-0.3, -0.25) is 10.1 Å². The van der Waals surface area contributed by atoms with E-state index in [1.54, 1.807) is 66.4 Å². The molecule has 2 aromatic heterocycles. The van der Waals surface area contributed by atoms with Gasteiger partial charge in [0.2, 0.25) is 0 Å². The molecule has 168 valence electrons. The third-order valence-electron chi connectivity index (χ3n) is 5.16. The van der Waals surface area contributed by atoms with Crippen LogP contribution in [-0.4, -0.2) is 38.7 Å². The highest BCUT2D eigenvalue weighted by molar-refractivity contribution is 5.76. The number of nitrogens with zero attached hydrogens (tertiary/aromatic N) is 5. The standard InChI is InChI=1S/C24H21F2N5O2/c1-29(2)15-18-11-16(13-20-21(25)5-3-6-22(20)26)12-19(24(18)31(32)33)17-7-8-23(27-14-17)30-10-4-9-28-30/h3-12,14H,13,15H2,1-2H3. The molecule has 0 saturated carbocycles. The summed E-state index contributed by atoms with van der Waals surface area (Å²) in [6.45, 7) is 0.287. The van der Waals surface area contributed by atoms with Crippen LogP contribution < -0.4 is 0 Å². The first-order valence-electron chi connectivity index (χ1n) is 10.2. The van der Waals surface area contributed by atoms with Crippen molar-refractivity contribution in [2.24, 2.45) is 0 Å². The van der Waals surface area contributed by atoms with Crippen LogP contribution in [0.2, 0.25) is 0 Å². The summed E-state index contributed by atoms with van der Waals surface area (Å²) in [5.74, 6) is -0.756. The Morgan fingerprint density at radius 1 is 1.09 bits per heavy atom. The number of hydrogen-bond acceptors (Lipinski definition) is 5. The molecule has 0 N–H and O–H groups in total. The van der Waals surface area contributed by atoms with Gasteiger partial charge in [0, 0.05) is 48.2 Å². The maximum atomic E-state index is 14.3. The normalized spacial score (nSPS) is 11.2. The van der Waals surface area contributed by atoms with Gasteiger partial charge < -0.3 is 4.90 Å². The number of nitro groups is 1. The zero-order chi connectivity index (χ0) is 23.5. The van der Waals surface area contributed by atoms with Gasteiger partial charge in [0.1, 0.15) is 11.6 Å². The van der Waals surface area contributed by atoms with E-state index in [2.05, 4.69) is 10.1 Å². The van der Waals surface area contributed by atoms with Crippen LogP contribution in [0.1, 0.15) is 16.7 Å². The summed E-state index contributed by atoms with van der Waals surface area (Å²) < 4.78 is 30.1. The van der Waals surface area contributed by atoms with Crippen LogP contribution in [0.3, 0.4) is 0 Å². The molecule has 0 radical (unpaired) electrons. The summed E-state index contributed by atoms with van der Waals surface area (Å²) in [7, 11) is 3.60. The number of benzene rings is 2. The van der Waals surface area contributed by atoms with Crippen LogP contribution in [0.4, 0.5) is 14.5 Å². The topological polar surface area (TPSA) is 77.1 Å². The molecule has 4 rings (SSSR count). The molecule has 9 heteroatoms. The van der Waals surface area contributed by atoms with Crippen LogP contribution in [-0.2, 0) is 13.0 Å². The summed E-state index contributed by atoms with van der Waals surface area (Å²) >= 11 is 0. The van der Waals surface area contributed by atoms with E-state index in [-0.39, 0.29) is 24.2 Å². The summed E-state index contributed by atoms with van der Waals surface area (Å²) in [5.41, 5.74) is 1.73. The molecule has 0 aliphatic carbocycles. The number of halogens is 2. The fourth-order valence-corrected chi connectivity index (χ4v) is 3.75. The summed E-state index contributed by atoms with van der Waals surface area (Å²) in [6.07, 6.45) is 4.86. The van der Waals surface area contributed by atoms with Crippen molar-refractivity contribution in [3.05, 3.63) is 106 Å². The molecule has 2 aromatic carbocycles. The van der Waals surface area contributed by atoms with Crippen molar-refractivity contribution < 1.29 is 13.7 Å². The van der Waals surface area contributed by atoms with Crippen LogP contribution >= 0.6 is 0 Å². The van der Waals surface area contributed by atoms with Crippen LogP contribution in [0, 0.1) is 21.7 Å². The molecule has 4 aromatic rings. The van der Waals surface area contributed by atoms with E-state index in [0.717, 1.165) is 0 Å². The monoisotopic (exact) mass is 449 g/mol. The molecule has 2 heterocycles. The van der Waals surface area contributed by atoms with Gasteiger partial charge in [-0.25, -0.2) is 18.4 Å². The minimum Gasteiger partial charge on any atom is -0.305 e. The van der Waals surface area contributed by atoms with Gasteiger partial charge in [0.05, 0.1) is 10.5 Å². The van der Waals surface area contributed by atoms with E-state index in [4.69, 9.17) is 0 Å². The van der Waals surface area contributed by atoms with E-state index in [1.165, 1.54) is 24.4 Å². The van der Waals surface area contributed by atoms with E-state index >= 15 is 0 Å². The molecule has 0 aliphatic heterocycles. The molecule has 0 spiro atoms. The third-order valence-corrected chi connectivity index (χ3v) is 5.16. The van der Waals surface area contributed by atoms with Crippen molar-refractivity contribution in [2.45, 2.75) is 13.0 Å². The quantitative estimate of drug-likeness (QED) is 0.300.